The number of hydrogen-bond acceptors (Lipinski definition) is 4. The normalized spacial score (nSPS) is 11.3. The molecule has 0 fully saturated rings. The number of hydrogen-bond donors (Lipinski definition) is 2. The van der Waals surface area contributed by atoms with E-state index in [4.69, 9.17) is 11.1 Å². The van der Waals surface area contributed by atoms with Crippen molar-refractivity contribution in [3.8, 4) is 0 Å². The lowest BCUT2D eigenvalue weighted by Crippen LogP contribution is -2.15. The fourth-order valence-corrected chi connectivity index (χ4v) is 2.33. The van der Waals surface area contributed by atoms with Gasteiger partial charge in [-0.1, -0.05) is 11.8 Å². The Morgan fingerprint density at radius 3 is 2.55 bits per heavy atom. The molecule has 0 amide bonds. The van der Waals surface area contributed by atoms with Crippen LogP contribution in [0.5, 0.6) is 0 Å². The van der Waals surface area contributed by atoms with E-state index in [-0.39, 0.29) is 5.56 Å². The number of nitrogen functional groups attached to an aromatic ring is 1. The van der Waals surface area contributed by atoms with Gasteiger partial charge in [-0.3, -0.25) is 5.41 Å². The summed E-state index contributed by atoms with van der Waals surface area (Å²) in [6.45, 7) is 0. The SMILES string of the molecule is N=C(N)c1cc(C(F)(F)F)ccc1Sc1ccncn1. The molecule has 8 heteroatoms. The van der Waals surface area contributed by atoms with E-state index >= 15 is 0 Å². The van der Waals surface area contributed by atoms with Crippen molar-refractivity contribution in [1.82, 2.24) is 9.97 Å². The Morgan fingerprint density at radius 2 is 2.00 bits per heavy atom. The zero-order valence-electron chi connectivity index (χ0n) is 9.98. The molecule has 0 bridgehead atoms. The van der Waals surface area contributed by atoms with Crippen LogP contribution in [0.4, 0.5) is 13.2 Å². The molecular formula is C12H9F3N4S. The predicted octanol–water partition coefficient (Wildman–Crippen LogP) is 2.93. The van der Waals surface area contributed by atoms with Crippen LogP contribution in [0.2, 0.25) is 0 Å². The zero-order chi connectivity index (χ0) is 14.8. The predicted molar refractivity (Wildman–Crippen MR) is 68.6 cm³/mol. The number of alkyl halides is 3. The van der Waals surface area contributed by atoms with Crippen LogP contribution < -0.4 is 5.73 Å². The molecule has 1 heterocycles. The molecular weight excluding hydrogens is 289 g/mol. The third kappa shape index (κ3) is 3.27. The van der Waals surface area contributed by atoms with Gasteiger partial charge in [0.05, 0.1) is 5.56 Å². The molecule has 0 unspecified atom stereocenters. The van der Waals surface area contributed by atoms with Gasteiger partial charge in [0.2, 0.25) is 0 Å². The summed E-state index contributed by atoms with van der Waals surface area (Å²) in [7, 11) is 0. The second kappa shape index (κ2) is 5.49. The monoisotopic (exact) mass is 298 g/mol. The van der Waals surface area contributed by atoms with Gasteiger partial charge < -0.3 is 5.73 Å². The summed E-state index contributed by atoms with van der Waals surface area (Å²) >= 11 is 1.12. The second-order valence-electron chi connectivity index (χ2n) is 3.77. The molecule has 0 atom stereocenters. The highest BCUT2D eigenvalue weighted by Gasteiger charge is 2.31. The van der Waals surface area contributed by atoms with Crippen molar-refractivity contribution in [3.05, 3.63) is 47.9 Å². The lowest BCUT2D eigenvalue weighted by Gasteiger charge is -2.12. The lowest BCUT2D eigenvalue weighted by atomic mass is 10.1. The number of nitrogens with zero attached hydrogens (tertiary/aromatic N) is 2. The smallest absolute Gasteiger partial charge is 0.384 e. The maximum absolute atomic E-state index is 12.7. The largest absolute Gasteiger partial charge is 0.416 e. The number of rotatable bonds is 3. The molecule has 4 nitrogen and oxygen atoms in total. The Hall–Kier alpha value is -2.09. The van der Waals surface area contributed by atoms with E-state index in [1.807, 2.05) is 0 Å². The fraction of sp³-hybridized carbons (Fsp3) is 0.0833. The number of aromatic nitrogens is 2. The Kier molecular flexibility index (Phi) is 3.93. The van der Waals surface area contributed by atoms with Crippen molar-refractivity contribution in [3.63, 3.8) is 0 Å². The van der Waals surface area contributed by atoms with E-state index in [2.05, 4.69) is 9.97 Å². The fourth-order valence-electron chi connectivity index (χ4n) is 1.46. The standard InChI is InChI=1S/C12H9F3N4S/c13-12(14,15)7-1-2-9(8(5-7)11(16)17)20-10-3-4-18-6-19-10/h1-6H,(H3,16,17). The van der Waals surface area contributed by atoms with Crippen LogP contribution in [0.3, 0.4) is 0 Å². The summed E-state index contributed by atoms with van der Waals surface area (Å²) in [5.41, 5.74) is 4.54. The minimum atomic E-state index is -4.47. The van der Waals surface area contributed by atoms with E-state index < -0.39 is 17.6 Å². The molecule has 0 aliphatic carbocycles. The highest BCUT2D eigenvalue weighted by atomic mass is 32.2. The first-order valence-electron chi connectivity index (χ1n) is 5.37. The van der Waals surface area contributed by atoms with Gasteiger partial charge in [0.1, 0.15) is 17.2 Å². The van der Waals surface area contributed by atoms with Crippen LogP contribution in [0, 0.1) is 5.41 Å². The van der Waals surface area contributed by atoms with Crippen molar-refractivity contribution in [1.29, 1.82) is 5.41 Å². The van der Waals surface area contributed by atoms with E-state index in [1.165, 1.54) is 18.6 Å². The first-order valence-corrected chi connectivity index (χ1v) is 6.19. The van der Waals surface area contributed by atoms with Gasteiger partial charge in [0, 0.05) is 16.7 Å². The minimum Gasteiger partial charge on any atom is -0.384 e. The molecule has 2 rings (SSSR count). The summed E-state index contributed by atoms with van der Waals surface area (Å²) < 4.78 is 38.0. The van der Waals surface area contributed by atoms with Crippen LogP contribution in [-0.4, -0.2) is 15.8 Å². The molecule has 1 aromatic heterocycles. The summed E-state index contributed by atoms with van der Waals surface area (Å²) in [4.78, 5) is 8.15. The molecule has 0 saturated carbocycles. The average Bonchev–Trinajstić information content (AvgIpc) is 2.38. The molecule has 1 aromatic carbocycles. The first kappa shape index (κ1) is 14.3. The average molecular weight is 298 g/mol. The van der Waals surface area contributed by atoms with Crippen LogP contribution in [-0.2, 0) is 6.18 Å². The van der Waals surface area contributed by atoms with Crippen molar-refractivity contribution in [2.45, 2.75) is 16.1 Å². The van der Waals surface area contributed by atoms with E-state index in [0.717, 1.165) is 23.9 Å². The van der Waals surface area contributed by atoms with Crippen LogP contribution in [0.15, 0.2) is 46.7 Å². The molecule has 0 radical (unpaired) electrons. The first-order chi connectivity index (χ1) is 9.38. The van der Waals surface area contributed by atoms with Gasteiger partial charge in [-0.25, -0.2) is 9.97 Å². The number of nitrogens with one attached hydrogen (secondary N) is 1. The molecule has 3 N–H and O–H groups in total. The third-order valence-electron chi connectivity index (χ3n) is 2.37. The highest BCUT2D eigenvalue weighted by Crippen LogP contribution is 2.34. The number of nitrogens with two attached hydrogens (primary N) is 1. The van der Waals surface area contributed by atoms with E-state index in [1.54, 1.807) is 6.07 Å². The van der Waals surface area contributed by atoms with Crippen molar-refractivity contribution in [2.75, 3.05) is 0 Å². The van der Waals surface area contributed by atoms with Gasteiger partial charge >= 0.3 is 6.18 Å². The highest BCUT2D eigenvalue weighted by molar-refractivity contribution is 7.99. The van der Waals surface area contributed by atoms with Crippen molar-refractivity contribution < 1.29 is 13.2 Å². The quantitative estimate of drug-likeness (QED) is 0.519. The molecule has 20 heavy (non-hydrogen) atoms. The molecule has 104 valence electrons. The Labute approximate surface area is 116 Å². The minimum absolute atomic E-state index is 0.0310. The van der Waals surface area contributed by atoms with Gasteiger partial charge in [0.25, 0.3) is 0 Å². The maximum atomic E-state index is 12.7. The second-order valence-corrected chi connectivity index (χ2v) is 4.83. The Bertz CT molecular complexity index is 628. The van der Waals surface area contributed by atoms with E-state index in [0.29, 0.717) is 9.92 Å². The Balaban J connectivity index is 2.41. The van der Waals surface area contributed by atoms with Gasteiger partial charge in [0.15, 0.2) is 0 Å². The molecule has 2 aromatic rings. The number of halogens is 3. The molecule has 0 spiro atoms. The molecule has 0 aliphatic heterocycles. The molecule has 0 saturated heterocycles. The van der Waals surface area contributed by atoms with Crippen LogP contribution in [0.25, 0.3) is 0 Å². The molecule has 0 aliphatic rings. The maximum Gasteiger partial charge on any atom is 0.416 e. The number of amidine groups is 1. The zero-order valence-corrected chi connectivity index (χ0v) is 10.8. The number of benzene rings is 1. The summed E-state index contributed by atoms with van der Waals surface area (Å²) in [5.74, 6) is -0.423. The van der Waals surface area contributed by atoms with E-state index in [9.17, 15) is 13.2 Å². The van der Waals surface area contributed by atoms with Gasteiger partial charge in [-0.05, 0) is 24.3 Å². The van der Waals surface area contributed by atoms with Crippen molar-refractivity contribution in [2.24, 2.45) is 5.73 Å². The lowest BCUT2D eigenvalue weighted by molar-refractivity contribution is -0.137. The third-order valence-corrected chi connectivity index (χ3v) is 3.39. The van der Waals surface area contributed by atoms with Gasteiger partial charge in [-0.2, -0.15) is 13.2 Å². The van der Waals surface area contributed by atoms with Crippen LogP contribution >= 0.6 is 11.8 Å². The van der Waals surface area contributed by atoms with Crippen molar-refractivity contribution >= 4 is 17.6 Å². The Morgan fingerprint density at radius 1 is 1.25 bits per heavy atom. The summed E-state index contributed by atoms with van der Waals surface area (Å²) in [6, 6.07) is 4.72. The van der Waals surface area contributed by atoms with Gasteiger partial charge in [-0.15, -0.1) is 0 Å². The summed E-state index contributed by atoms with van der Waals surface area (Å²) in [6.07, 6.45) is -1.62. The topological polar surface area (TPSA) is 75.7 Å². The summed E-state index contributed by atoms with van der Waals surface area (Å²) in [5, 5.41) is 7.97. The van der Waals surface area contributed by atoms with Crippen LogP contribution in [0.1, 0.15) is 11.1 Å².